The van der Waals surface area contributed by atoms with Gasteiger partial charge in [0.1, 0.15) is 0 Å². The molecule has 0 aliphatic carbocycles. The van der Waals surface area contributed by atoms with Gasteiger partial charge in [0.25, 0.3) is 0 Å². The Kier molecular flexibility index (Phi) is 6.44. The highest BCUT2D eigenvalue weighted by Crippen LogP contribution is 2.23. The number of carbonyl (C=O) groups excluding carboxylic acids is 1. The molecule has 0 aromatic heterocycles. The number of amides is 2. The zero-order valence-corrected chi connectivity index (χ0v) is 13.8. The molecule has 0 aliphatic rings. The second kappa shape index (κ2) is 8.56. The smallest absolute Gasteiger partial charge is 0.315 e. The molecular formula is C18H21ClN2O2. The summed E-state index contributed by atoms with van der Waals surface area (Å²) in [4.78, 5) is 12.2. The molecule has 0 heterocycles. The largest absolute Gasteiger partial charge is 0.396 e. The number of hydrogen-bond donors (Lipinski definition) is 3. The maximum absolute atomic E-state index is 12.2. The number of rotatable bonds is 6. The third kappa shape index (κ3) is 5.27. The zero-order valence-electron chi connectivity index (χ0n) is 13.0. The predicted octanol–water partition coefficient (Wildman–Crippen LogP) is 3.50. The molecule has 23 heavy (non-hydrogen) atoms. The van der Waals surface area contributed by atoms with Crippen molar-refractivity contribution in [2.45, 2.75) is 25.4 Å². The minimum absolute atomic E-state index is 0.0424. The second-order valence-corrected chi connectivity index (χ2v) is 5.86. The van der Waals surface area contributed by atoms with Crippen molar-refractivity contribution in [1.29, 1.82) is 0 Å². The second-order valence-electron chi connectivity index (χ2n) is 5.43. The van der Waals surface area contributed by atoms with Gasteiger partial charge in [0.05, 0.1) is 6.04 Å². The van der Waals surface area contributed by atoms with Crippen LogP contribution in [0.5, 0.6) is 0 Å². The first-order valence-corrected chi connectivity index (χ1v) is 7.96. The number of benzene rings is 2. The summed E-state index contributed by atoms with van der Waals surface area (Å²) in [6, 6.07) is 16.5. The Bertz CT molecular complexity index is 617. The Hall–Kier alpha value is -2.04. The van der Waals surface area contributed by atoms with Crippen LogP contribution in [0.25, 0.3) is 0 Å². The van der Waals surface area contributed by atoms with Crippen LogP contribution in [0.3, 0.4) is 0 Å². The van der Waals surface area contributed by atoms with Crippen molar-refractivity contribution < 1.29 is 9.90 Å². The molecule has 0 fully saturated rings. The first kappa shape index (κ1) is 17.3. The monoisotopic (exact) mass is 332 g/mol. The summed E-state index contributed by atoms with van der Waals surface area (Å²) in [5.41, 5.74) is 1.94. The number of halogens is 1. The maximum Gasteiger partial charge on any atom is 0.315 e. The standard InChI is InChI=1S/C18H21ClN2O2/c1-13(11-12-22)20-18(23)21-17(14-5-3-2-4-6-14)15-7-9-16(19)10-8-15/h2-10,13,17,22H,11-12H2,1H3,(H2,20,21,23)/t13-,17?/m1/s1. The summed E-state index contributed by atoms with van der Waals surface area (Å²) in [6.45, 7) is 1.90. The molecule has 2 atom stereocenters. The number of nitrogens with one attached hydrogen (secondary N) is 2. The molecule has 2 aromatic carbocycles. The molecule has 4 nitrogen and oxygen atoms in total. The van der Waals surface area contributed by atoms with Gasteiger partial charge in [-0.25, -0.2) is 4.79 Å². The molecule has 5 heteroatoms. The lowest BCUT2D eigenvalue weighted by atomic mass is 9.99. The van der Waals surface area contributed by atoms with E-state index in [1.54, 1.807) is 12.1 Å². The fraction of sp³-hybridized carbons (Fsp3) is 0.278. The predicted molar refractivity (Wildman–Crippen MR) is 92.6 cm³/mol. The van der Waals surface area contributed by atoms with Gasteiger partial charge < -0.3 is 15.7 Å². The molecule has 2 aromatic rings. The van der Waals surface area contributed by atoms with Gasteiger partial charge in [0, 0.05) is 17.7 Å². The van der Waals surface area contributed by atoms with Gasteiger partial charge in [-0.2, -0.15) is 0 Å². The molecule has 0 bridgehead atoms. The van der Waals surface area contributed by atoms with Gasteiger partial charge in [-0.05, 0) is 36.6 Å². The summed E-state index contributed by atoms with van der Waals surface area (Å²) in [5, 5.41) is 15.4. The molecule has 0 aliphatic heterocycles. The van der Waals surface area contributed by atoms with Crippen molar-refractivity contribution in [2.24, 2.45) is 0 Å². The highest BCUT2D eigenvalue weighted by Gasteiger charge is 2.17. The highest BCUT2D eigenvalue weighted by molar-refractivity contribution is 6.30. The van der Waals surface area contributed by atoms with E-state index in [9.17, 15) is 4.79 Å². The quantitative estimate of drug-likeness (QED) is 0.758. The lowest BCUT2D eigenvalue weighted by Gasteiger charge is -2.22. The summed E-state index contributed by atoms with van der Waals surface area (Å²) >= 11 is 5.95. The minimum atomic E-state index is -0.269. The third-order valence-corrected chi connectivity index (χ3v) is 3.80. The van der Waals surface area contributed by atoms with E-state index < -0.39 is 0 Å². The molecule has 0 radical (unpaired) electrons. The molecule has 122 valence electrons. The molecule has 1 unspecified atom stereocenters. The van der Waals surface area contributed by atoms with Crippen LogP contribution in [0.1, 0.15) is 30.5 Å². The van der Waals surface area contributed by atoms with E-state index in [0.29, 0.717) is 11.4 Å². The Morgan fingerprint density at radius 1 is 1.04 bits per heavy atom. The number of urea groups is 1. The molecule has 0 spiro atoms. The topological polar surface area (TPSA) is 61.4 Å². The Morgan fingerprint density at radius 2 is 1.65 bits per heavy atom. The summed E-state index contributed by atoms with van der Waals surface area (Å²) < 4.78 is 0. The summed E-state index contributed by atoms with van der Waals surface area (Å²) in [6.07, 6.45) is 0.518. The van der Waals surface area contributed by atoms with Crippen molar-refractivity contribution in [1.82, 2.24) is 10.6 Å². The van der Waals surface area contributed by atoms with E-state index in [1.165, 1.54) is 0 Å². The average molecular weight is 333 g/mol. The van der Waals surface area contributed by atoms with Crippen LogP contribution >= 0.6 is 11.6 Å². The van der Waals surface area contributed by atoms with E-state index in [1.807, 2.05) is 49.4 Å². The SMILES string of the molecule is C[C@H](CCO)NC(=O)NC(c1ccccc1)c1ccc(Cl)cc1. The van der Waals surface area contributed by atoms with Crippen LogP contribution in [0.2, 0.25) is 5.02 Å². The molecule has 2 amide bonds. The van der Waals surface area contributed by atoms with Crippen molar-refractivity contribution in [3.63, 3.8) is 0 Å². The third-order valence-electron chi connectivity index (χ3n) is 3.55. The van der Waals surface area contributed by atoms with Crippen LogP contribution in [0, 0.1) is 0 Å². The van der Waals surface area contributed by atoms with E-state index >= 15 is 0 Å². The van der Waals surface area contributed by atoms with E-state index in [2.05, 4.69) is 10.6 Å². The normalized spacial score (nSPS) is 13.2. The van der Waals surface area contributed by atoms with Gasteiger partial charge >= 0.3 is 6.03 Å². The minimum Gasteiger partial charge on any atom is -0.396 e. The Morgan fingerprint density at radius 3 is 2.26 bits per heavy atom. The number of aliphatic hydroxyl groups excluding tert-OH is 1. The van der Waals surface area contributed by atoms with Gasteiger partial charge in [-0.1, -0.05) is 54.1 Å². The van der Waals surface area contributed by atoms with Crippen LogP contribution in [-0.2, 0) is 0 Å². The zero-order chi connectivity index (χ0) is 16.7. The first-order chi connectivity index (χ1) is 11.1. The molecule has 0 saturated heterocycles. The van der Waals surface area contributed by atoms with Crippen LogP contribution in [-0.4, -0.2) is 23.8 Å². The van der Waals surface area contributed by atoms with Gasteiger partial charge in [0.2, 0.25) is 0 Å². The van der Waals surface area contributed by atoms with Crippen molar-refractivity contribution in [2.75, 3.05) is 6.61 Å². The summed E-state index contributed by atoms with van der Waals surface area (Å²) in [5.74, 6) is 0. The van der Waals surface area contributed by atoms with Crippen molar-refractivity contribution in [3.8, 4) is 0 Å². The van der Waals surface area contributed by atoms with Gasteiger partial charge in [0.15, 0.2) is 0 Å². The van der Waals surface area contributed by atoms with Crippen molar-refractivity contribution in [3.05, 3.63) is 70.7 Å². The van der Waals surface area contributed by atoms with Crippen LogP contribution in [0.4, 0.5) is 4.79 Å². The average Bonchev–Trinajstić information content (AvgIpc) is 2.54. The van der Waals surface area contributed by atoms with Crippen LogP contribution < -0.4 is 10.6 Å². The van der Waals surface area contributed by atoms with Crippen LogP contribution in [0.15, 0.2) is 54.6 Å². The molecule has 0 saturated carbocycles. The fourth-order valence-electron chi connectivity index (χ4n) is 2.32. The maximum atomic E-state index is 12.2. The molecular weight excluding hydrogens is 312 g/mol. The fourth-order valence-corrected chi connectivity index (χ4v) is 2.45. The Labute approximate surface area is 141 Å². The number of carbonyl (C=O) groups is 1. The van der Waals surface area contributed by atoms with E-state index in [-0.39, 0.29) is 24.7 Å². The highest BCUT2D eigenvalue weighted by atomic mass is 35.5. The number of hydrogen-bond acceptors (Lipinski definition) is 2. The lowest BCUT2D eigenvalue weighted by Crippen LogP contribution is -2.42. The molecule has 2 rings (SSSR count). The first-order valence-electron chi connectivity index (χ1n) is 7.58. The van der Waals surface area contributed by atoms with Crippen molar-refractivity contribution >= 4 is 17.6 Å². The van der Waals surface area contributed by atoms with Gasteiger partial charge in [-0.3, -0.25) is 0 Å². The number of aliphatic hydroxyl groups is 1. The summed E-state index contributed by atoms with van der Waals surface area (Å²) in [7, 11) is 0. The molecule has 3 N–H and O–H groups in total. The lowest BCUT2D eigenvalue weighted by molar-refractivity contribution is 0.229. The van der Waals surface area contributed by atoms with E-state index in [4.69, 9.17) is 16.7 Å². The Balaban J connectivity index is 2.17. The van der Waals surface area contributed by atoms with E-state index in [0.717, 1.165) is 11.1 Å². The van der Waals surface area contributed by atoms with Gasteiger partial charge in [-0.15, -0.1) is 0 Å².